The summed E-state index contributed by atoms with van der Waals surface area (Å²) < 4.78 is 6.96. The summed E-state index contributed by atoms with van der Waals surface area (Å²) in [5, 5.41) is 27.0. The van der Waals surface area contributed by atoms with Crippen molar-refractivity contribution in [3.8, 4) is 40.3 Å². The molecule has 0 aliphatic carbocycles. The Kier molecular flexibility index (Phi) is 6.61. The molecule has 11 rings (SSSR count). The van der Waals surface area contributed by atoms with Gasteiger partial charge in [0.15, 0.2) is 0 Å². The zero-order chi connectivity index (χ0) is 36.6. The van der Waals surface area contributed by atoms with Crippen LogP contribution >= 0.6 is 0 Å². The Hall–Kier alpha value is -7.86. The van der Waals surface area contributed by atoms with Crippen LogP contribution in [0, 0.1) is 22.7 Å². The Balaban J connectivity index is 1.19. The second kappa shape index (κ2) is 11.8. The molecule has 0 bridgehead atoms. The van der Waals surface area contributed by atoms with E-state index in [9.17, 15) is 10.5 Å². The Morgan fingerprint density at radius 3 is 1.56 bits per heavy atom. The summed E-state index contributed by atoms with van der Waals surface area (Å²) in [4.78, 5) is 0. The summed E-state index contributed by atoms with van der Waals surface area (Å²) in [6.45, 7) is 0. The van der Waals surface area contributed by atoms with Crippen molar-refractivity contribution in [1.29, 1.82) is 10.5 Å². The summed E-state index contributed by atoms with van der Waals surface area (Å²) in [5.74, 6) is 0. The minimum absolute atomic E-state index is 0.589. The summed E-state index contributed by atoms with van der Waals surface area (Å²) >= 11 is 0. The fourth-order valence-electron chi connectivity index (χ4n) is 8.86. The molecule has 55 heavy (non-hydrogen) atoms. The molecule has 0 radical (unpaired) electrons. The quantitative estimate of drug-likeness (QED) is 0.184. The summed E-state index contributed by atoms with van der Waals surface area (Å²) in [6, 6.07) is 65.9. The van der Waals surface area contributed by atoms with Crippen molar-refractivity contribution >= 4 is 65.4 Å². The number of rotatable bonds is 4. The number of fused-ring (bicyclic) bond motifs is 9. The van der Waals surface area contributed by atoms with E-state index in [1.54, 1.807) is 0 Å². The molecule has 0 aliphatic rings. The van der Waals surface area contributed by atoms with Gasteiger partial charge in [-0.25, -0.2) is 0 Å². The van der Waals surface area contributed by atoms with Gasteiger partial charge in [-0.2, -0.15) is 10.5 Å². The van der Waals surface area contributed by atoms with Crippen LogP contribution in [0.2, 0.25) is 0 Å². The third-order valence-corrected chi connectivity index (χ3v) is 11.1. The highest BCUT2D eigenvalue weighted by Crippen LogP contribution is 2.42. The number of hydrogen-bond acceptors (Lipinski definition) is 2. The molecule has 0 spiro atoms. The SMILES string of the molecule is N#Cc1ccc(-c2cccc(-n3c4ccccc4c4c(C#N)cccc43)c2)c(-n2c3ccccc3c3c(-n4c5ccccc5c5ccccc54)cccc32)c1. The molecule has 0 amide bonds. The maximum absolute atomic E-state index is 10.2. The van der Waals surface area contributed by atoms with Crippen LogP contribution in [0.1, 0.15) is 11.1 Å². The molecule has 5 nitrogen and oxygen atoms in total. The Morgan fingerprint density at radius 2 is 0.891 bits per heavy atom. The maximum Gasteiger partial charge on any atom is 0.0998 e. The fraction of sp³-hybridized carbons (Fsp3) is 0. The number of hydrogen-bond donors (Lipinski definition) is 0. The van der Waals surface area contributed by atoms with Gasteiger partial charge in [-0.05, 0) is 78.4 Å². The molecule has 11 aromatic rings. The zero-order valence-electron chi connectivity index (χ0n) is 29.5. The van der Waals surface area contributed by atoms with Gasteiger partial charge in [0.25, 0.3) is 0 Å². The van der Waals surface area contributed by atoms with Crippen molar-refractivity contribution in [2.24, 2.45) is 0 Å². The highest BCUT2D eigenvalue weighted by atomic mass is 15.0. The number of nitriles is 2. The van der Waals surface area contributed by atoms with Crippen LogP contribution in [0.5, 0.6) is 0 Å². The van der Waals surface area contributed by atoms with E-state index in [2.05, 4.69) is 165 Å². The lowest BCUT2D eigenvalue weighted by atomic mass is 10.0. The van der Waals surface area contributed by atoms with Gasteiger partial charge in [-0.1, -0.05) is 103 Å². The van der Waals surface area contributed by atoms with Crippen LogP contribution in [-0.4, -0.2) is 13.7 Å². The van der Waals surface area contributed by atoms with Gasteiger partial charge in [0, 0.05) is 43.6 Å². The predicted octanol–water partition coefficient (Wildman–Crippen LogP) is 12.4. The van der Waals surface area contributed by atoms with Crippen LogP contribution in [0.15, 0.2) is 176 Å². The smallest absolute Gasteiger partial charge is 0.0998 e. The molecule has 0 atom stereocenters. The highest BCUT2D eigenvalue weighted by Gasteiger charge is 2.22. The normalized spacial score (nSPS) is 11.6. The lowest BCUT2D eigenvalue weighted by Gasteiger charge is -2.16. The standard InChI is InChI=1S/C50H29N5/c51-30-32-26-27-36(33-12-9-14-35(29-33)53-43-21-7-3-17-39(43)49-34(31-52)13-10-23-45(49)53)48(28-32)55-44-22-8-4-18-40(44)50-46(24-11-25-47(50)55)54-41-19-5-1-15-37(41)38-16-2-6-20-42(38)54/h1-29H. The first-order valence-electron chi connectivity index (χ1n) is 18.3. The summed E-state index contributed by atoms with van der Waals surface area (Å²) in [7, 11) is 0. The third kappa shape index (κ3) is 4.39. The lowest BCUT2D eigenvalue weighted by Crippen LogP contribution is -2.00. The van der Waals surface area contributed by atoms with Crippen molar-refractivity contribution in [3.05, 3.63) is 187 Å². The number of aromatic nitrogens is 3. The molecular formula is C50H29N5. The summed E-state index contributed by atoms with van der Waals surface area (Å²) in [5.41, 5.74) is 12.7. The molecule has 3 heterocycles. The van der Waals surface area contributed by atoms with Gasteiger partial charge < -0.3 is 13.7 Å². The minimum atomic E-state index is 0.589. The first-order chi connectivity index (χ1) is 27.2. The van der Waals surface area contributed by atoms with Gasteiger partial charge >= 0.3 is 0 Å². The van der Waals surface area contributed by atoms with Crippen LogP contribution in [0.3, 0.4) is 0 Å². The van der Waals surface area contributed by atoms with E-state index in [1.165, 1.54) is 10.8 Å². The maximum atomic E-state index is 10.2. The fourth-order valence-corrected chi connectivity index (χ4v) is 8.86. The monoisotopic (exact) mass is 699 g/mol. The van der Waals surface area contributed by atoms with Gasteiger partial charge in [-0.3, -0.25) is 0 Å². The second-order valence-electron chi connectivity index (χ2n) is 14.0. The van der Waals surface area contributed by atoms with Crippen LogP contribution in [-0.2, 0) is 0 Å². The third-order valence-electron chi connectivity index (χ3n) is 11.1. The van der Waals surface area contributed by atoms with E-state index in [-0.39, 0.29) is 0 Å². The van der Waals surface area contributed by atoms with Crippen molar-refractivity contribution in [2.75, 3.05) is 0 Å². The predicted molar refractivity (Wildman–Crippen MR) is 224 cm³/mol. The van der Waals surface area contributed by atoms with Crippen molar-refractivity contribution in [1.82, 2.24) is 13.7 Å². The van der Waals surface area contributed by atoms with Crippen LogP contribution in [0.4, 0.5) is 0 Å². The molecule has 3 aromatic heterocycles. The Bertz CT molecular complexity index is 3420. The first kappa shape index (κ1) is 30.7. The average molecular weight is 700 g/mol. The van der Waals surface area contributed by atoms with E-state index in [4.69, 9.17) is 0 Å². The van der Waals surface area contributed by atoms with E-state index in [0.717, 1.165) is 82.8 Å². The van der Waals surface area contributed by atoms with Crippen LogP contribution in [0.25, 0.3) is 93.6 Å². The number of nitrogens with zero attached hydrogens (tertiary/aromatic N) is 5. The molecule has 0 saturated heterocycles. The van der Waals surface area contributed by atoms with Crippen molar-refractivity contribution in [2.45, 2.75) is 0 Å². The van der Waals surface area contributed by atoms with E-state index >= 15 is 0 Å². The van der Waals surface area contributed by atoms with Gasteiger partial charge in [0.1, 0.15) is 0 Å². The number of benzene rings is 8. The lowest BCUT2D eigenvalue weighted by molar-refractivity contribution is 1.16. The second-order valence-corrected chi connectivity index (χ2v) is 14.0. The molecule has 0 unspecified atom stereocenters. The topological polar surface area (TPSA) is 62.4 Å². The van der Waals surface area contributed by atoms with Gasteiger partial charge in [-0.15, -0.1) is 0 Å². The molecule has 5 heteroatoms. The Morgan fingerprint density at radius 1 is 0.364 bits per heavy atom. The van der Waals surface area contributed by atoms with Gasteiger partial charge in [0.05, 0.1) is 67.7 Å². The zero-order valence-corrected chi connectivity index (χ0v) is 29.5. The molecule has 8 aromatic carbocycles. The average Bonchev–Trinajstić information content (AvgIpc) is 3.89. The summed E-state index contributed by atoms with van der Waals surface area (Å²) in [6.07, 6.45) is 0. The largest absolute Gasteiger partial charge is 0.309 e. The molecule has 0 saturated carbocycles. The van der Waals surface area contributed by atoms with E-state index in [1.807, 2.05) is 36.4 Å². The number of para-hydroxylation sites is 4. The molecule has 0 aliphatic heterocycles. The van der Waals surface area contributed by atoms with Crippen molar-refractivity contribution < 1.29 is 0 Å². The molecular weight excluding hydrogens is 671 g/mol. The minimum Gasteiger partial charge on any atom is -0.309 e. The first-order valence-corrected chi connectivity index (χ1v) is 18.3. The van der Waals surface area contributed by atoms with E-state index in [0.29, 0.717) is 11.1 Å². The van der Waals surface area contributed by atoms with E-state index < -0.39 is 0 Å². The highest BCUT2D eigenvalue weighted by molar-refractivity contribution is 6.17. The molecule has 0 N–H and O–H groups in total. The Labute approximate surface area is 316 Å². The van der Waals surface area contributed by atoms with Crippen molar-refractivity contribution in [3.63, 3.8) is 0 Å². The van der Waals surface area contributed by atoms with Gasteiger partial charge in [0.2, 0.25) is 0 Å². The molecule has 0 fully saturated rings. The van der Waals surface area contributed by atoms with Crippen LogP contribution < -0.4 is 0 Å². The molecule has 254 valence electrons.